The molecule has 1 aliphatic rings. The number of benzene rings is 2. The number of halogens is 3. The van der Waals surface area contributed by atoms with Crippen molar-refractivity contribution in [2.75, 3.05) is 32.8 Å². The van der Waals surface area contributed by atoms with E-state index in [2.05, 4.69) is 10.2 Å². The zero-order chi connectivity index (χ0) is 17.6. The van der Waals surface area contributed by atoms with Gasteiger partial charge < -0.3 is 10.1 Å². The van der Waals surface area contributed by atoms with Crippen LogP contribution in [0.15, 0.2) is 42.5 Å². The fraction of sp³-hybridized carbons (Fsp3) is 0.368. The highest BCUT2D eigenvalue weighted by atomic mass is 35.5. The molecule has 6 heteroatoms. The summed E-state index contributed by atoms with van der Waals surface area (Å²) in [7, 11) is 0. The molecule has 1 unspecified atom stereocenters. The lowest BCUT2D eigenvalue weighted by Gasteiger charge is -2.35. The van der Waals surface area contributed by atoms with E-state index in [9.17, 15) is 4.39 Å². The second-order valence-corrected chi connectivity index (χ2v) is 6.84. The molecule has 0 radical (unpaired) electrons. The largest absolute Gasteiger partial charge is 0.379 e. The molecule has 0 aliphatic carbocycles. The van der Waals surface area contributed by atoms with Crippen LogP contribution < -0.4 is 5.32 Å². The highest BCUT2D eigenvalue weighted by Crippen LogP contribution is 2.26. The van der Waals surface area contributed by atoms with Gasteiger partial charge >= 0.3 is 0 Å². The van der Waals surface area contributed by atoms with Crippen LogP contribution in [0.4, 0.5) is 4.39 Å². The van der Waals surface area contributed by atoms with E-state index in [1.54, 1.807) is 6.07 Å². The van der Waals surface area contributed by atoms with E-state index in [0.717, 1.165) is 44.0 Å². The Morgan fingerprint density at radius 1 is 1.08 bits per heavy atom. The van der Waals surface area contributed by atoms with Crippen LogP contribution in [-0.2, 0) is 11.3 Å². The van der Waals surface area contributed by atoms with Crippen LogP contribution in [0.3, 0.4) is 0 Å². The molecular weight excluding hydrogens is 362 g/mol. The monoisotopic (exact) mass is 382 g/mol. The first-order valence-corrected chi connectivity index (χ1v) is 9.11. The molecule has 1 fully saturated rings. The zero-order valence-corrected chi connectivity index (χ0v) is 15.4. The SMILES string of the molecule is Fc1ccc(C(CNCc2cccc(Cl)c2Cl)N2CCOCC2)cc1. The minimum absolute atomic E-state index is 0.155. The molecule has 3 nitrogen and oxygen atoms in total. The molecule has 0 amide bonds. The van der Waals surface area contributed by atoms with E-state index in [1.807, 2.05) is 24.3 Å². The standard InChI is InChI=1S/C19H21Cl2FN2O/c20-17-3-1-2-15(19(17)21)12-23-13-18(24-8-10-25-11-9-24)14-4-6-16(22)7-5-14/h1-7,18,23H,8-13H2. The average molecular weight is 383 g/mol. The van der Waals surface area contributed by atoms with E-state index in [0.29, 0.717) is 16.6 Å². The Kier molecular flexibility index (Phi) is 6.68. The van der Waals surface area contributed by atoms with Gasteiger partial charge in [0.25, 0.3) is 0 Å². The van der Waals surface area contributed by atoms with E-state index in [-0.39, 0.29) is 11.9 Å². The molecular formula is C19H21Cl2FN2O. The molecule has 25 heavy (non-hydrogen) atoms. The summed E-state index contributed by atoms with van der Waals surface area (Å²) in [6.07, 6.45) is 0. The van der Waals surface area contributed by atoms with Gasteiger partial charge in [-0.1, -0.05) is 47.5 Å². The molecule has 0 saturated carbocycles. The van der Waals surface area contributed by atoms with Crippen LogP contribution in [0.5, 0.6) is 0 Å². The van der Waals surface area contributed by atoms with Crippen molar-refractivity contribution < 1.29 is 9.13 Å². The third kappa shape index (κ3) is 4.93. The average Bonchev–Trinajstić information content (AvgIpc) is 2.64. The Morgan fingerprint density at radius 2 is 1.80 bits per heavy atom. The number of rotatable bonds is 6. The van der Waals surface area contributed by atoms with Crippen LogP contribution >= 0.6 is 23.2 Å². The molecule has 0 spiro atoms. The van der Waals surface area contributed by atoms with E-state index >= 15 is 0 Å². The van der Waals surface area contributed by atoms with Crippen molar-refractivity contribution in [2.24, 2.45) is 0 Å². The molecule has 2 aromatic rings. The maximum Gasteiger partial charge on any atom is 0.123 e. The first kappa shape index (κ1) is 18.6. The van der Waals surface area contributed by atoms with Gasteiger partial charge in [0.05, 0.1) is 23.3 Å². The van der Waals surface area contributed by atoms with Crippen molar-refractivity contribution in [2.45, 2.75) is 12.6 Å². The quantitative estimate of drug-likeness (QED) is 0.805. The molecule has 1 saturated heterocycles. The number of hydrogen-bond acceptors (Lipinski definition) is 3. The summed E-state index contributed by atoms with van der Waals surface area (Å²) in [5.41, 5.74) is 2.06. The summed E-state index contributed by atoms with van der Waals surface area (Å²) in [5.74, 6) is -0.219. The summed E-state index contributed by atoms with van der Waals surface area (Å²) in [4.78, 5) is 2.36. The van der Waals surface area contributed by atoms with Crippen LogP contribution in [0.1, 0.15) is 17.2 Å². The van der Waals surface area contributed by atoms with Crippen molar-refractivity contribution >= 4 is 23.2 Å². The second kappa shape index (κ2) is 8.97. The molecule has 1 aliphatic heterocycles. The third-order valence-corrected chi connectivity index (χ3v) is 5.28. The number of nitrogens with zero attached hydrogens (tertiary/aromatic N) is 1. The van der Waals surface area contributed by atoms with Gasteiger partial charge in [-0.05, 0) is 29.3 Å². The second-order valence-electron chi connectivity index (χ2n) is 6.06. The van der Waals surface area contributed by atoms with E-state index in [1.165, 1.54) is 12.1 Å². The summed E-state index contributed by atoms with van der Waals surface area (Å²) in [6, 6.07) is 12.5. The molecule has 2 aromatic carbocycles. The highest BCUT2D eigenvalue weighted by Gasteiger charge is 2.22. The molecule has 134 valence electrons. The lowest BCUT2D eigenvalue weighted by Crippen LogP contribution is -2.42. The molecule has 1 heterocycles. The summed E-state index contributed by atoms with van der Waals surface area (Å²) >= 11 is 12.3. The van der Waals surface area contributed by atoms with Crippen LogP contribution in [-0.4, -0.2) is 37.7 Å². The topological polar surface area (TPSA) is 24.5 Å². The van der Waals surface area contributed by atoms with Crippen LogP contribution in [0.2, 0.25) is 10.0 Å². The van der Waals surface area contributed by atoms with Gasteiger partial charge in [-0.15, -0.1) is 0 Å². The molecule has 3 rings (SSSR count). The predicted octanol–water partition coefficient (Wildman–Crippen LogP) is 4.30. The molecule has 0 aromatic heterocycles. The van der Waals surface area contributed by atoms with Gasteiger partial charge in [0.15, 0.2) is 0 Å². The Morgan fingerprint density at radius 3 is 2.52 bits per heavy atom. The zero-order valence-electron chi connectivity index (χ0n) is 13.9. The third-order valence-electron chi connectivity index (χ3n) is 4.43. The first-order valence-electron chi connectivity index (χ1n) is 8.36. The minimum Gasteiger partial charge on any atom is -0.379 e. The Balaban J connectivity index is 1.69. The fourth-order valence-corrected chi connectivity index (χ4v) is 3.45. The number of ether oxygens (including phenoxy) is 1. The molecule has 1 N–H and O–H groups in total. The van der Waals surface area contributed by atoms with Crippen molar-refractivity contribution in [3.05, 3.63) is 69.5 Å². The number of morpholine rings is 1. The van der Waals surface area contributed by atoms with Crippen molar-refractivity contribution in [3.63, 3.8) is 0 Å². The van der Waals surface area contributed by atoms with Crippen molar-refractivity contribution in [1.82, 2.24) is 10.2 Å². The van der Waals surface area contributed by atoms with Crippen LogP contribution in [0.25, 0.3) is 0 Å². The maximum absolute atomic E-state index is 13.3. The Bertz CT molecular complexity index is 690. The maximum atomic E-state index is 13.3. The van der Waals surface area contributed by atoms with Crippen LogP contribution in [0, 0.1) is 5.82 Å². The molecule has 1 atom stereocenters. The smallest absolute Gasteiger partial charge is 0.123 e. The van der Waals surface area contributed by atoms with Crippen molar-refractivity contribution in [3.8, 4) is 0 Å². The highest BCUT2D eigenvalue weighted by molar-refractivity contribution is 6.42. The first-order chi connectivity index (χ1) is 12.1. The summed E-state index contributed by atoms with van der Waals surface area (Å²) in [5, 5.41) is 4.60. The molecule has 0 bridgehead atoms. The van der Waals surface area contributed by atoms with Gasteiger partial charge in [0.1, 0.15) is 5.82 Å². The van der Waals surface area contributed by atoms with Gasteiger partial charge in [0, 0.05) is 32.2 Å². The minimum atomic E-state index is -0.219. The van der Waals surface area contributed by atoms with E-state index < -0.39 is 0 Å². The summed E-state index contributed by atoms with van der Waals surface area (Å²) < 4.78 is 18.7. The lowest BCUT2D eigenvalue weighted by molar-refractivity contribution is 0.0161. The fourth-order valence-electron chi connectivity index (χ4n) is 3.06. The van der Waals surface area contributed by atoms with E-state index in [4.69, 9.17) is 27.9 Å². The van der Waals surface area contributed by atoms with Crippen molar-refractivity contribution in [1.29, 1.82) is 0 Å². The lowest BCUT2D eigenvalue weighted by atomic mass is 10.0. The predicted molar refractivity (Wildman–Crippen MR) is 99.7 cm³/mol. The van der Waals surface area contributed by atoms with Gasteiger partial charge in [-0.25, -0.2) is 4.39 Å². The van der Waals surface area contributed by atoms with Gasteiger partial charge in [-0.2, -0.15) is 0 Å². The summed E-state index contributed by atoms with van der Waals surface area (Å²) in [6.45, 7) is 4.52. The number of hydrogen-bond donors (Lipinski definition) is 1. The Hall–Kier alpha value is -1.17. The Labute approximate surface area is 157 Å². The normalized spacial score (nSPS) is 16.8. The number of nitrogens with one attached hydrogen (secondary N) is 1. The van der Waals surface area contributed by atoms with Gasteiger partial charge in [-0.3, -0.25) is 4.90 Å². The van der Waals surface area contributed by atoms with Gasteiger partial charge in [0.2, 0.25) is 0 Å².